The van der Waals surface area contributed by atoms with Crippen molar-refractivity contribution in [2.75, 3.05) is 27.3 Å². The third-order valence-electron chi connectivity index (χ3n) is 13.1. The van der Waals surface area contributed by atoms with Crippen LogP contribution in [-0.4, -0.2) is 85.3 Å². The molecule has 0 aromatic heterocycles. The highest BCUT2D eigenvalue weighted by Crippen LogP contribution is 2.56. The van der Waals surface area contributed by atoms with Gasteiger partial charge in [-0.05, 0) is 121 Å². The van der Waals surface area contributed by atoms with E-state index in [1.807, 2.05) is 37.5 Å². The molecule has 3 fully saturated rings. The lowest BCUT2D eigenvalue weighted by atomic mass is 9.81. The van der Waals surface area contributed by atoms with E-state index >= 15 is 0 Å². The normalized spacial score (nSPS) is 21.8. The van der Waals surface area contributed by atoms with E-state index in [0.29, 0.717) is 13.1 Å². The highest BCUT2D eigenvalue weighted by molar-refractivity contribution is 5.87. The lowest BCUT2D eigenvalue weighted by molar-refractivity contribution is -0.136. The Morgan fingerprint density at radius 3 is 1.36 bits per heavy atom. The number of amides is 4. The number of rotatable bonds is 14. The van der Waals surface area contributed by atoms with Crippen LogP contribution in [0.1, 0.15) is 114 Å². The van der Waals surface area contributed by atoms with Crippen molar-refractivity contribution in [3.63, 3.8) is 0 Å². The molecular formula is C48H62N4O7. The van der Waals surface area contributed by atoms with Crippen LogP contribution >= 0.6 is 0 Å². The second-order valence-electron chi connectivity index (χ2n) is 17.5. The SMILES string of the molecule is COC(=O)N[C@H](C(=O)N1CCCC1CCc1ccc(-c2ccc(-c3ccc(CC[C@@H]4CCCN4C(=O)[C@@H](NC(=O)OC)C(C)C)cc3)c3c2C2CCC3O2)cc1)C(C)C. The number of nitrogens with zero attached hydrogens (tertiary/aromatic N) is 2. The summed E-state index contributed by atoms with van der Waals surface area (Å²) in [6.45, 7) is 9.21. The fourth-order valence-corrected chi connectivity index (χ4v) is 9.87. The zero-order chi connectivity index (χ0) is 41.8. The third-order valence-corrected chi connectivity index (χ3v) is 13.1. The average molecular weight is 807 g/mol. The fourth-order valence-electron chi connectivity index (χ4n) is 9.87. The minimum Gasteiger partial charge on any atom is -0.453 e. The summed E-state index contributed by atoms with van der Waals surface area (Å²) in [5, 5.41) is 5.49. The zero-order valence-electron chi connectivity index (χ0n) is 35.6. The van der Waals surface area contributed by atoms with Crippen molar-refractivity contribution in [2.45, 2.75) is 128 Å². The van der Waals surface area contributed by atoms with Gasteiger partial charge in [-0.3, -0.25) is 9.59 Å². The second kappa shape index (κ2) is 18.6. The molecule has 59 heavy (non-hydrogen) atoms. The molecule has 3 aromatic carbocycles. The van der Waals surface area contributed by atoms with E-state index in [2.05, 4.69) is 71.3 Å². The predicted octanol–water partition coefficient (Wildman–Crippen LogP) is 8.54. The van der Waals surface area contributed by atoms with Gasteiger partial charge in [0.1, 0.15) is 12.1 Å². The maximum absolute atomic E-state index is 13.5. The summed E-state index contributed by atoms with van der Waals surface area (Å²) in [4.78, 5) is 54.9. The zero-order valence-corrected chi connectivity index (χ0v) is 35.6. The Morgan fingerprint density at radius 1 is 0.610 bits per heavy atom. The van der Waals surface area contributed by atoms with Gasteiger partial charge < -0.3 is 34.6 Å². The van der Waals surface area contributed by atoms with Gasteiger partial charge >= 0.3 is 12.2 Å². The highest BCUT2D eigenvalue weighted by atomic mass is 16.5. The summed E-state index contributed by atoms with van der Waals surface area (Å²) in [7, 11) is 2.64. The van der Waals surface area contributed by atoms with Gasteiger partial charge in [0.15, 0.2) is 0 Å². The summed E-state index contributed by atoms with van der Waals surface area (Å²) < 4.78 is 16.1. The van der Waals surface area contributed by atoms with E-state index in [0.717, 1.165) is 64.2 Å². The number of fused-ring (bicyclic) bond motifs is 5. The molecule has 3 aromatic rings. The molecule has 4 aliphatic rings. The molecule has 4 heterocycles. The molecule has 11 nitrogen and oxygen atoms in total. The van der Waals surface area contributed by atoms with E-state index in [4.69, 9.17) is 14.2 Å². The number of hydrogen-bond acceptors (Lipinski definition) is 7. The fraction of sp³-hybridized carbons (Fsp3) is 0.542. The van der Waals surface area contributed by atoms with Gasteiger partial charge in [-0.1, -0.05) is 88.4 Å². The molecule has 0 saturated carbocycles. The minimum absolute atomic E-state index is 0.0261. The topological polar surface area (TPSA) is 127 Å². The van der Waals surface area contributed by atoms with Crippen LogP contribution in [0.25, 0.3) is 22.3 Å². The number of hydrogen-bond donors (Lipinski definition) is 2. The monoisotopic (exact) mass is 806 g/mol. The molecule has 3 saturated heterocycles. The maximum Gasteiger partial charge on any atom is 0.407 e. The third kappa shape index (κ3) is 9.15. The van der Waals surface area contributed by atoms with Gasteiger partial charge in [-0.2, -0.15) is 0 Å². The molecule has 7 rings (SSSR count). The number of carbonyl (C=O) groups excluding carboxylic acids is 4. The number of methoxy groups -OCH3 is 2. The van der Waals surface area contributed by atoms with Gasteiger partial charge in [0, 0.05) is 25.2 Å². The quantitative estimate of drug-likeness (QED) is 0.167. The molecule has 0 aliphatic carbocycles. The molecule has 2 bridgehead atoms. The van der Waals surface area contributed by atoms with Crippen LogP contribution in [0.15, 0.2) is 60.7 Å². The van der Waals surface area contributed by atoms with E-state index in [1.54, 1.807) is 0 Å². The van der Waals surface area contributed by atoms with Gasteiger partial charge in [0.05, 0.1) is 26.4 Å². The molecule has 0 spiro atoms. The van der Waals surface area contributed by atoms with Gasteiger partial charge in [-0.25, -0.2) is 9.59 Å². The van der Waals surface area contributed by atoms with Crippen molar-refractivity contribution in [2.24, 2.45) is 11.8 Å². The molecule has 316 valence electrons. The van der Waals surface area contributed by atoms with Crippen LogP contribution in [0.5, 0.6) is 0 Å². The summed E-state index contributed by atoms with van der Waals surface area (Å²) >= 11 is 0. The van der Waals surface area contributed by atoms with Gasteiger partial charge in [-0.15, -0.1) is 0 Å². The average Bonchev–Trinajstić information content (AvgIpc) is 4.08. The Bertz CT molecular complexity index is 1840. The van der Waals surface area contributed by atoms with E-state index in [9.17, 15) is 19.2 Å². The minimum atomic E-state index is -0.601. The van der Waals surface area contributed by atoms with Gasteiger partial charge in [0.25, 0.3) is 0 Å². The Balaban J connectivity index is 1.000. The van der Waals surface area contributed by atoms with Crippen molar-refractivity contribution in [3.8, 4) is 22.3 Å². The van der Waals surface area contributed by atoms with Crippen LogP contribution in [0.3, 0.4) is 0 Å². The first-order valence-electron chi connectivity index (χ1n) is 21.8. The summed E-state index contributed by atoms with van der Waals surface area (Å²) in [5.41, 5.74) is 9.99. The van der Waals surface area contributed by atoms with Crippen molar-refractivity contribution in [3.05, 3.63) is 82.9 Å². The largest absolute Gasteiger partial charge is 0.453 e. The first kappa shape index (κ1) is 42.2. The number of benzene rings is 3. The van der Waals surface area contributed by atoms with E-state index < -0.39 is 24.3 Å². The second-order valence-corrected chi connectivity index (χ2v) is 17.5. The lowest BCUT2D eigenvalue weighted by Gasteiger charge is -2.31. The first-order valence-corrected chi connectivity index (χ1v) is 21.8. The van der Waals surface area contributed by atoms with Gasteiger partial charge in [0.2, 0.25) is 11.8 Å². The summed E-state index contributed by atoms with van der Waals surface area (Å²) in [6, 6.07) is 21.4. The molecule has 4 aliphatic heterocycles. The molecule has 3 unspecified atom stereocenters. The Morgan fingerprint density at radius 2 is 1.00 bits per heavy atom. The van der Waals surface area contributed by atoms with E-state index in [1.165, 1.54) is 58.7 Å². The maximum atomic E-state index is 13.5. The number of ether oxygens (including phenoxy) is 3. The standard InChI is InChI=1S/C48H62N4O7/c1-29(2)43(49-47(55)57-5)45(53)51-27-7-9-35(51)21-15-31-11-17-33(18-12-31)37-23-24-38(42-40-26-25-39(59-40)41(37)42)34-19-13-32(14-20-34)16-22-36-10-8-28-52(36)46(54)44(30(3)4)50-48(56)58-6/h11-14,17-20,23-24,29-30,35-36,39-40,43-44H,7-10,15-16,21-22,25-28H2,1-6H3,(H,49,55)(H,50,56)/t35-,36?,39?,40?,43-,44-/m0/s1. The van der Waals surface area contributed by atoms with Crippen LogP contribution in [0.2, 0.25) is 0 Å². The smallest absolute Gasteiger partial charge is 0.407 e. The molecular weight excluding hydrogens is 745 g/mol. The summed E-state index contributed by atoms with van der Waals surface area (Å²) in [6.07, 6.45) is 8.49. The molecule has 0 radical (unpaired) electrons. The van der Waals surface area contributed by atoms with Crippen LogP contribution in [0.4, 0.5) is 9.59 Å². The van der Waals surface area contributed by atoms with Crippen LogP contribution in [0, 0.1) is 11.8 Å². The predicted molar refractivity (Wildman–Crippen MR) is 228 cm³/mol. The summed E-state index contributed by atoms with van der Waals surface area (Å²) in [5.74, 6) is -0.134. The lowest BCUT2D eigenvalue weighted by Crippen LogP contribution is -2.52. The number of carbonyl (C=O) groups is 4. The Kier molecular flexibility index (Phi) is 13.3. The highest BCUT2D eigenvalue weighted by Gasteiger charge is 2.42. The molecule has 4 amide bonds. The number of likely N-dealkylation sites (tertiary alicyclic amines) is 2. The molecule has 11 heteroatoms. The molecule has 6 atom stereocenters. The molecule has 2 N–H and O–H groups in total. The number of nitrogens with one attached hydrogen (secondary N) is 2. The van der Waals surface area contributed by atoms with Crippen molar-refractivity contribution in [1.29, 1.82) is 0 Å². The van der Waals surface area contributed by atoms with E-state index in [-0.39, 0.29) is 47.9 Å². The Hall–Kier alpha value is -4.90. The first-order chi connectivity index (χ1) is 28.5. The van der Waals surface area contributed by atoms with Crippen molar-refractivity contribution < 1.29 is 33.4 Å². The van der Waals surface area contributed by atoms with Crippen molar-refractivity contribution in [1.82, 2.24) is 20.4 Å². The van der Waals surface area contributed by atoms with Crippen LogP contribution < -0.4 is 10.6 Å². The number of aryl methyl sites for hydroxylation is 2. The van der Waals surface area contributed by atoms with Crippen LogP contribution in [-0.2, 0) is 36.6 Å². The van der Waals surface area contributed by atoms with Crippen molar-refractivity contribution >= 4 is 24.0 Å². The Labute approximate surface area is 349 Å². The number of alkyl carbamates (subject to hydrolysis) is 2.